The van der Waals surface area contributed by atoms with Gasteiger partial charge in [-0.25, -0.2) is 5.01 Å². The van der Waals surface area contributed by atoms with Crippen molar-refractivity contribution in [3.8, 4) is 0 Å². The number of nitrogens with zero attached hydrogens (tertiary/aromatic N) is 4. The Morgan fingerprint density at radius 3 is 2.03 bits per heavy atom. The number of hydrogen-bond donors (Lipinski definition) is 1. The predicted molar refractivity (Wildman–Crippen MR) is 103 cm³/mol. The fourth-order valence-electron chi connectivity index (χ4n) is 3.44. The van der Waals surface area contributed by atoms with Crippen molar-refractivity contribution in [1.29, 1.82) is 0 Å². The molecule has 1 aliphatic rings. The first-order valence-electron chi connectivity index (χ1n) is 9.95. The predicted octanol–water partition coefficient (Wildman–Crippen LogP) is 5.36. The van der Waals surface area contributed by atoms with Crippen LogP contribution in [0, 0.1) is 5.92 Å². The van der Waals surface area contributed by atoms with Crippen LogP contribution in [0.15, 0.2) is 41.8 Å². The molecule has 0 saturated carbocycles. The van der Waals surface area contributed by atoms with Gasteiger partial charge >= 0.3 is 18.5 Å². The van der Waals surface area contributed by atoms with Gasteiger partial charge < -0.3 is 9.84 Å². The molecule has 0 fully saturated rings. The highest BCUT2D eigenvalue weighted by Gasteiger charge is 2.54. The molecule has 0 saturated heterocycles. The van der Waals surface area contributed by atoms with Crippen LogP contribution in [0.1, 0.15) is 36.4 Å². The molecule has 0 amide bonds. The molecule has 3 atom stereocenters. The van der Waals surface area contributed by atoms with E-state index in [0.717, 1.165) is 18.3 Å². The van der Waals surface area contributed by atoms with E-state index in [4.69, 9.17) is 4.74 Å². The first-order chi connectivity index (χ1) is 16.1. The summed E-state index contributed by atoms with van der Waals surface area (Å²) in [5, 5.41) is 14.4. The lowest BCUT2D eigenvalue weighted by atomic mass is 9.89. The molecule has 35 heavy (non-hydrogen) atoms. The minimum absolute atomic E-state index is 0.198. The number of hydrogen-bond acceptors (Lipinski definition) is 6. The average molecular weight is 516 g/mol. The molecule has 3 unspecified atom stereocenters. The van der Waals surface area contributed by atoms with E-state index in [1.54, 1.807) is 6.92 Å². The molecular formula is C20H17F9N4O2. The van der Waals surface area contributed by atoms with Crippen molar-refractivity contribution < 1.29 is 49.4 Å². The van der Waals surface area contributed by atoms with Gasteiger partial charge in [0.15, 0.2) is 11.9 Å². The number of aliphatic hydroxyl groups excluding tert-OH is 1. The summed E-state index contributed by atoms with van der Waals surface area (Å²) in [5.41, 5.74) is -5.43. The topological polar surface area (TPSA) is 70.8 Å². The van der Waals surface area contributed by atoms with Crippen LogP contribution >= 0.6 is 0 Å². The largest absolute Gasteiger partial charge is 0.433 e. The molecule has 0 bridgehead atoms. The zero-order chi connectivity index (χ0) is 26.2. The highest BCUT2D eigenvalue weighted by Crippen LogP contribution is 2.43. The zero-order valence-electron chi connectivity index (χ0n) is 17.7. The van der Waals surface area contributed by atoms with Crippen molar-refractivity contribution in [3.05, 3.63) is 53.6 Å². The highest BCUT2D eigenvalue weighted by atomic mass is 19.4. The quantitative estimate of drug-likeness (QED) is 0.524. The molecule has 0 spiro atoms. The Morgan fingerprint density at radius 2 is 1.49 bits per heavy atom. The number of aliphatic hydroxyl groups is 1. The first-order valence-corrected chi connectivity index (χ1v) is 9.95. The summed E-state index contributed by atoms with van der Waals surface area (Å²) in [6.07, 6.45) is -17.4. The van der Waals surface area contributed by atoms with Crippen LogP contribution in [-0.4, -0.2) is 39.8 Å². The van der Waals surface area contributed by atoms with Crippen molar-refractivity contribution in [3.63, 3.8) is 0 Å². The van der Waals surface area contributed by atoms with E-state index in [1.165, 1.54) is 0 Å². The van der Waals surface area contributed by atoms with E-state index in [1.807, 2.05) is 0 Å². The van der Waals surface area contributed by atoms with Crippen LogP contribution in [0.25, 0.3) is 0 Å². The number of ether oxygens (including phenoxy) is 1. The molecular weight excluding hydrogens is 499 g/mol. The lowest BCUT2D eigenvalue weighted by Crippen LogP contribution is -2.41. The third-order valence-corrected chi connectivity index (χ3v) is 4.92. The summed E-state index contributed by atoms with van der Waals surface area (Å²) in [4.78, 5) is 6.27. The van der Waals surface area contributed by atoms with Gasteiger partial charge in [-0.1, -0.05) is 6.92 Å². The van der Waals surface area contributed by atoms with Crippen molar-refractivity contribution in [1.82, 2.24) is 9.97 Å². The van der Waals surface area contributed by atoms with Gasteiger partial charge in [-0.15, -0.1) is 0 Å². The van der Waals surface area contributed by atoms with E-state index in [9.17, 15) is 44.6 Å². The van der Waals surface area contributed by atoms with Crippen molar-refractivity contribution in [2.45, 2.75) is 44.2 Å². The Morgan fingerprint density at radius 1 is 0.914 bits per heavy atom. The lowest BCUT2D eigenvalue weighted by molar-refractivity contribution is -0.142. The number of halogens is 9. The maximum Gasteiger partial charge on any atom is 0.433 e. The molecule has 0 aromatic carbocycles. The lowest BCUT2D eigenvalue weighted by Gasteiger charge is -2.30. The molecule has 3 rings (SSSR count). The molecule has 3 heterocycles. The molecule has 0 radical (unpaired) electrons. The number of alkyl halides is 9. The van der Waals surface area contributed by atoms with Crippen LogP contribution in [0.3, 0.4) is 0 Å². The van der Waals surface area contributed by atoms with Gasteiger partial charge in [0.25, 0.3) is 0 Å². The number of pyridine rings is 2. The highest BCUT2D eigenvalue weighted by molar-refractivity contribution is 5.95. The summed E-state index contributed by atoms with van der Waals surface area (Å²) >= 11 is 0. The van der Waals surface area contributed by atoms with Gasteiger partial charge in [0.2, 0.25) is 0 Å². The monoisotopic (exact) mass is 516 g/mol. The van der Waals surface area contributed by atoms with Gasteiger partial charge in [0.05, 0.1) is 17.7 Å². The second-order valence-electron chi connectivity index (χ2n) is 7.43. The van der Waals surface area contributed by atoms with Gasteiger partial charge in [-0.2, -0.15) is 44.6 Å². The molecule has 192 valence electrons. The molecule has 2 aromatic rings. The van der Waals surface area contributed by atoms with E-state index in [-0.39, 0.29) is 18.6 Å². The fourth-order valence-corrected chi connectivity index (χ4v) is 3.44. The Bertz CT molecular complexity index is 1070. The minimum Gasteiger partial charge on any atom is -0.373 e. The van der Waals surface area contributed by atoms with Crippen molar-refractivity contribution >= 4 is 11.4 Å². The summed E-state index contributed by atoms with van der Waals surface area (Å²) in [5.74, 6) is -2.10. The number of aromatic nitrogens is 2. The van der Waals surface area contributed by atoms with E-state index >= 15 is 0 Å². The normalized spacial score (nSPS) is 20.2. The van der Waals surface area contributed by atoms with Gasteiger partial charge in [0, 0.05) is 19.0 Å². The summed E-state index contributed by atoms with van der Waals surface area (Å²) in [6, 6.07) is 2.76. The third kappa shape index (κ3) is 5.83. The van der Waals surface area contributed by atoms with Crippen LogP contribution < -0.4 is 5.01 Å². The maximum atomic E-state index is 13.9. The SMILES string of the molecule is CCCOC(c1ccnc(C(F)(F)F)c1)C1C(C(F)(F)F)=NN(c2ccnc(C(F)(F)F)c2)C1O. The molecule has 15 heteroatoms. The van der Waals surface area contributed by atoms with Crippen LogP contribution in [-0.2, 0) is 17.1 Å². The number of hydrazone groups is 1. The van der Waals surface area contributed by atoms with Crippen LogP contribution in [0.5, 0.6) is 0 Å². The zero-order valence-corrected chi connectivity index (χ0v) is 17.7. The third-order valence-electron chi connectivity index (χ3n) is 4.92. The Balaban J connectivity index is 2.11. The standard InChI is InChI=1S/C20H17F9N4O2/c1-2-7-35-15(10-3-5-30-12(8-10)18(21,22)23)14-16(20(27,28)29)32-33(17(14)34)11-4-6-31-13(9-11)19(24,25)26/h3-6,8-9,14-15,17,34H,2,7H2,1H3. The second-order valence-corrected chi connectivity index (χ2v) is 7.43. The summed E-state index contributed by atoms with van der Waals surface area (Å²) in [7, 11) is 0. The van der Waals surface area contributed by atoms with Gasteiger partial charge in [-0.05, 0) is 36.2 Å². The minimum atomic E-state index is -5.20. The Labute approximate surface area is 192 Å². The summed E-state index contributed by atoms with van der Waals surface area (Å²) < 4.78 is 126. The van der Waals surface area contributed by atoms with Crippen molar-refractivity contribution in [2.75, 3.05) is 11.6 Å². The maximum absolute atomic E-state index is 13.9. The molecule has 1 N–H and O–H groups in total. The van der Waals surface area contributed by atoms with Crippen molar-refractivity contribution in [2.24, 2.45) is 11.0 Å². The summed E-state index contributed by atoms with van der Waals surface area (Å²) in [6.45, 7) is 1.40. The molecule has 6 nitrogen and oxygen atoms in total. The van der Waals surface area contributed by atoms with Gasteiger partial charge in [-0.3, -0.25) is 9.97 Å². The second kappa shape index (κ2) is 9.60. The Hall–Kier alpha value is -2.94. The van der Waals surface area contributed by atoms with E-state index in [0.29, 0.717) is 23.3 Å². The molecule has 1 aliphatic heterocycles. The van der Waals surface area contributed by atoms with Crippen LogP contribution in [0.4, 0.5) is 45.2 Å². The Kier molecular flexibility index (Phi) is 7.32. The first kappa shape index (κ1) is 26.7. The number of anilines is 1. The molecule has 2 aromatic heterocycles. The fraction of sp³-hybridized carbons (Fsp3) is 0.450. The van der Waals surface area contributed by atoms with Crippen LogP contribution in [0.2, 0.25) is 0 Å². The molecule has 0 aliphatic carbocycles. The van der Waals surface area contributed by atoms with Gasteiger partial charge in [0.1, 0.15) is 11.4 Å². The van der Waals surface area contributed by atoms with E-state index in [2.05, 4.69) is 15.1 Å². The average Bonchev–Trinajstić information content (AvgIpc) is 3.11. The smallest absolute Gasteiger partial charge is 0.373 e. The number of rotatable bonds is 6. The van der Waals surface area contributed by atoms with E-state index < -0.39 is 59.6 Å².